The number of nitrogens with zero attached hydrogens (tertiary/aromatic N) is 2. The Kier molecular flexibility index (Phi) is 3.90. The maximum Gasteiger partial charge on any atom is 0.240 e. The molecule has 8 heteroatoms. The molecular formula is C12H15BrN4O2S. The van der Waals surface area contributed by atoms with Crippen LogP contribution in [0.25, 0.3) is 5.69 Å². The second-order valence-electron chi connectivity index (χ2n) is 4.32. The molecule has 0 aliphatic rings. The highest BCUT2D eigenvalue weighted by molar-refractivity contribution is 9.10. The van der Waals surface area contributed by atoms with E-state index in [0.717, 1.165) is 15.9 Å². The average Bonchev–Trinajstić information content (AvgIpc) is 2.66. The molecule has 20 heavy (non-hydrogen) atoms. The fourth-order valence-electron chi connectivity index (χ4n) is 1.87. The minimum atomic E-state index is -3.50. The Balaban J connectivity index is 2.58. The van der Waals surface area contributed by atoms with Crippen LogP contribution in [-0.4, -0.2) is 25.2 Å². The SMILES string of the molecule is CNS(=O)(=O)c1ccc(-n2nc(C)c(Br)c2C)c(N)c1. The summed E-state index contributed by atoms with van der Waals surface area (Å²) in [5.74, 6) is 0. The molecule has 2 aromatic rings. The Labute approximate surface area is 126 Å². The summed E-state index contributed by atoms with van der Waals surface area (Å²) >= 11 is 3.45. The second kappa shape index (κ2) is 5.19. The van der Waals surface area contributed by atoms with E-state index >= 15 is 0 Å². The van der Waals surface area contributed by atoms with Crippen LogP contribution in [0.2, 0.25) is 0 Å². The first-order valence-electron chi connectivity index (χ1n) is 5.83. The summed E-state index contributed by atoms with van der Waals surface area (Å²) in [5, 5.41) is 4.38. The van der Waals surface area contributed by atoms with Gasteiger partial charge in [-0.15, -0.1) is 0 Å². The lowest BCUT2D eigenvalue weighted by atomic mass is 10.2. The van der Waals surface area contributed by atoms with Crippen molar-refractivity contribution in [2.45, 2.75) is 18.7 Å². The summed E-state index contributed by atoms with van der Waals surface area (Å²) in [6.45, 7) is 3.78. The predicted molar refractivity (Wildman–Crippen MR) is 81.4 cm³/mol. The minimum absolute atomic E-state index is 0.127. The molecule has 0 unspecified atom stereocenters. The zero-order chi connectivity index (χ0) is 15.1. The van der Waals surface area contributed by atoms with Crippen molar-refractivity contribution in [1.29, 1.82) is 0 Å². The molecular weight excluding hydrogens is 344 g/mol. The highest BCUT2D eigenvalue weighted by atomic mass is 79.9. The average molecular weight is 359 g/mol. The van der Waals surface area contributed by atoms with Gasteiger partial charge in [0.2, 0.25) is 10.0 Å². The van der Waals surface area contributed by atoms with Crippen molar-refractivity contribution in [1.82, 2.24) is 14.5 Å². The van der Waals surface area contributed by atoms with Gasteiger partial charge < -0.3 is 5.73 Å². The van der Waals surface area contributed by atoms with Gasteiger partial charge in [-0.05, 0) is 55.0 Å². The van der Waals surface area contributed by atoms with Gasteiger partial charge in [-0.1, -0.05) is 0 Å². The van der Waals surface area contributed by atoms with E-state index in [1.807, 2.05) is 13.8 Å². The first kappa shape index (κ1) is 15.0. The van der Waals surface area contributed by atoms with Crippen molar-refractivity contribution in [3.63, 3.8) is 0 Å². The van der Waals surface area contributed by atoms with Crippen LogP contribution in [0.4, 0.5) is 5.69 Å². The topological polar surface area (TPSA) is 90.0 Å². The van der Waals surface area contributed by atoms with Crippen molar-refractivity contribution < 1.29 is 8.42 Å². The van der Waals surface area contributed by atoms with Gasteiger partial charge in [-0.2, -0.15) is 5.10 Å². The number of nitrogens with one attached hydrogen (secondary N) is 1. The number of benzene rings is 1. The Morgan fingerprint density at radius 2 is 2.00 bits per heavy atom. The van der Waals surface area contributed by atoms with Crippen LogP contribution in [0.3, 0.4) is 0 Å². The molecule has 6 nitrogen and oxygen atoms in total. The monoisotopic (exact) mass is 358 g/mol. The van der Waals surface area contributed by atoms with E-state index in [1.165, 1.54) is 19.2 Å². The van der Waals surface area contributed by atoms with Crippen LogP contribution in [0.1, 0.15) is 11.4 Å². The Hall–Kier alpha value is -1.38. The summed E-state index contributed by atoms with van der Waals surface area (Å²) < 4.78 is 28.3. The third kappa shape index (κ3) is 2.46. The van der Waals surface area contributed by atoms with E-state index in [9.17, 15) is 8.42 Å². The number of aryl methyl sites for hydroxylation is 1. The van der Waals surface area contributed by atoms with Crippen molar-refractivity contribution >= 4 is 31.6 Å². The molecule has 0 saturated carbocycles. The van der Waals surface area contributed by atoms with E-state index in [-0.39, 0.29) is 4.90 Å². The van der Waals surface area contributed by atoms with Crippen LogP contribution in [0, 0.1) is 13.8 Å². The molecule has 1 aromatic carbocycles. The standard InChI is InChI=1S/C12H15BrN4O2S/c1-7-12(13)8(2)17(16-7)11-5-4-9(6-10(11)14)20(18,19)15-3/h4-6,15H,14H2,1-3H3. The normalized spacial score (nSPS) is 11.8. The third-order valence-electron chi connectivity index (χ3n) is 3.01. The van der Waals surface area contributed by atoms with Gasteiger partial charge in [-0.25, -0.2) is 17.8 Å². The molecule has 0 aliphatic heterocycles. The Morgan fingerprint density at radius 3 is 2.45 bits per heavy atom. The molecule has 0 spiro atoms. The zero-order valence-electron chi connectivity index (χ0n) is 11.3. The first-order valence-corrected chi connectivity index (χ1v) is 8.10. The van der Waals surface area contributed by atoms with Gasteiger partial charge in [0.15, 0.2) is 0 Å². The number of rotatable bonds is 3. The number of anilines is 1. The summed E-state index contributed by atoms with van der Waals surface area (Å²) in [6.07, 6.45) is 0. The number of nitrogen functional groups attached to an aromatic ring is 1. The highest BCUT2D eigenvalue weighted by Gasteiger charge is 2.16. The van der Waals surface area contributed by atoms with Crippen LogP contribution >= 0.6 is 15.9 Å². The second-order valence-corrected chi connectivity index (χ2v) is 7.00. The van der Waals surface area contributed by atoms with Crippen LogP contribution in [0.15, 0.2) is 27.6 Å². The fraction of sp³-hybridized carbons (Fsp3) is 0.250. The summed E-state index contributed by atoms with van der Waals surface area (Å²) in [5.41, 5.74) is 8.70. The molecule has 1 heterocycles. The smallest absolute Gasteiger partial charge is 0.240 e. The minimum Gasteiger partial charge on any atom is -0.397 e. The molecule has 0 amide bonds. The van der Waals surface area contributed by atoms with Crippen LogP contribution in [-0.2, 0) is 10.0 Å². The number of sulfonamides is 1. The molecule has 0 atom stereocenters. The predicted octanol–water partition coefficient (Wildman–Crippen LogP) is 1.74. The summed E-state index contributed by atoms with van der Waals surface area (Å²) in [4.78, 5) is 0.127. The number of halogens is 1. The lowest BCUT2D eigenvalue weighted by Gasteiger charge is -2.10. The van der Waals surface area contributed by atoms with Crippen LogP contribution < -0.4 is 10.5 Å². The van der Waals surface area contributed by atoms with Crippen LogP contribution in [0.5, 0.6) is 0 Å². The van der Waals surface area contributed by atoms with E-state index in [1.54, 1.807) is 10.7 Å². The van der Waals surface area contributed by atoms with Crippen molar-refractivity contribution in [3.05, 3.63) is 34.1 Å². The molecule has 0 bridgehead atoms. The van der Waals surface area contributed by atoms with Gasteiger partial charge in [0, 0.05) is 0 Å². The lowest BCUT2D eigenvalue weighted by molar-refractivity contribution is 0.588. The van der Waals surface area contributed by atoms with Gasteiger partial charge in [0.25, 0.3) is 0 Å². The number of nitrogens with two attached hydrogens (primary N) is 1. The van der Waals surface area contributed by atoms with Crippen molar-refractivity contribution in [2.24, 2.45) is 0 Å². The summed E-state index contributed by atoms with van der Waals surface area (Å²) in [6, 6.07) is 4.57. The number of hydrogen-bond acceptors (Lipinski definition) is 4. The van der Waals surface area contributed by atoms with Gasteiger partial charge in [-0.3, -0.25) is 0 Å². The molecule has 3 N–H and O–H groups in total. The number of aromatic nitrogens is 2. The van der Waals surface area contributed by atoms with Crippen molar-refractivity contribution in [3.8, 4) is 5.69 Å². The van der Waals surface area contributed by atoms with E-state index in [0.29, 0.717) is 11.4 Å². The Bertz CT molecular complexity index is 768. The number of hydrogen-bond donors (Lipinski definition) is 2. The largest absolute Gasteiger partial charge is 0.397 e. The molecule has 2 rings (SSSR count). The van der Waals surface area contributed by atoms with E-state index < -0.39 is 10.0 Å². The van der Waals surface area contributed by atoms with E-state index in [2.05, 4.69) is 25.8 Å². The van der Waals surface area contributed by atoms with Gasteiger partial charge in [0.05, 0.1) is 32.1 Å². The third-order valence-corrected chi connectivity index (χ3v) is 5.57. The lowest BCUT2D eigenvalue weighted by Crippen LogP contribution is -2.19. The maximum atomic E-state index is 11.7. The van der Waals surface area contributed by atoms with E-state index in [4.69, 9.17) is 5.73 Å². The molecule has 0 aliphatic carbocycles. The molecule has 1 aromatic heterocycles. The quantitative estimate of drug-likeness (QED) is 0.817. The molecule has 108 valence electrons. The maximum absolute atomic E-state index is 11.7. The molecule has 0 saturated heterocycles. The fourth-order valence-corrected chi connectivity index (χ4v) is 2.88. The Morgan fingerprint density at radius 1 is 1.35 bits per heavy atom. The van der Waals surface area contributed by atoms with Gasteiger partial charge in [0.1, 0.15) is 0 Å². The molecule has 0 radical (unpaired) electrons. The highest BCUT2D eigenvalue weighted by Crippen LogP contribution is 2.27. The first-order chi connectivity index (χ1) is 9.27. The zero-order valence-corrected chi connectivity index (χ0v) is 13.7. The van der Waals surface area contributed by atoms with Gasteiger partial charge >= 0.3 is 0 Å². The van der Waals surface area contributed by atoms with Crippen molar-refractivity contribution in [2.75, 3.05) is 12.8 Å². The summed E-state index contributed by atoms with van der Waals surface area (Å²) in [7, 11) is -2.14. The molecule has 0 fully saturated rings.